The fourth-order valence-corrected chi connectivity index (χ4v) is 9.92. The third kappa shape index (κ3) is 4.79. The van der Waals surface area contributed by atoms with Gasteiger partial charge in [0.1, 0.15) is 0 Å². The minimum Gasteiger partial charge on any atom is -0.310 e. The molecule has 10 aromatic carbocycles. The smallest absolute Gasteiger partial charge is 0.0542 e. The van der Waals surface area contributed by atoms with Crippen LogP contribution < -0.4 is 0 Å². The topological polar surface area (TPSA) is 19.7 Å². The Bertz CT molecular complexity index is 3620. The maximum absolute atomic E-state index is 2.45. The highest BCUT2D eigenvalue weighted by Gasteiger charge is 2.17. The molecule has 0 aliphatic rings. The van der Waals surface area contributed by atoms with Crippen molar-refractivity contribution >= 4 is 87.2 Å². The molecule has 0 spiro atoms. The normalized spacial score (nSPS) is 12.0. The average Bonchev–Trinajstić information content (AvgIpc) is 3.82. The van der Waals surface area contributed by atoms with Crippen molar-refractivity contribution in [3.05, 3.63) is 218 Å². The molecule has 4 heteroatoms. The quantitative estimate of drug-likeness (QED) is 0.170. The largest absolute Gasteiger partial charge is 0.310 e. The minimum atomic E-state index is 1.11. The molecule has 13 aromatic rings. The van der Waals surface area contributed by atoms with Crippen LogP contribution in [0.5, 0.6) is 0 Å². The molecule has 0 radical (unpaired) electrons. The Morgan fingerprint density at radius 1 is 0.200 bits per heavy atom. The molecular formula is C56H36N4. The molecule has 0 unspecified atom stereocenters. The van der Waals surface area contributed by atoms with Crippen LogP contribution in [0, 0.1) is 0 Å². The van der Waals surface area contributed by atoms with Gasteiger partial charge in [-0.1, -0.05) is 109 Å². The molecule has 0 aliphatic heterocycles. The summed E-state index contributed by atoms with van der Waals surface area (Å²) in [4.78, 5) is 0. The zero-order valence-corrected chi connectivity index (χ0v) is 32.6. The van der Waals surface area contributed by atoms with E-state index in [1.807, 2.05) is 0 Å². The van der Waals surface area contributed by atoms with E-state index in [9.17, 15) is 0 Å². The molecule has 60 heavy (non-hydrogen) atoms. The molecule has 3 aromatic heterocycles. The number of fused-ring (bicyclic) bond motifs is 8. The fraction of sp³-hybridized carbons (Fsp3) is 0. The summed E-state index contributed by atoms with van der Waals surface area (Å²) in [5, 5.41) is 9.68. The summed E-state index contributed by atoms with van der Waals surface area (Å²) in [6.07, 6.45) is 0. The first-order chi connectivity index (χ1) is 29.8. The van der Waals surface area contributed by atoms with E-state index < -0.39 is 0 Å². The van der Waals surface area contributed by atoms with Gasteiger partial charge in [0.25, 0.3) is 0 Å². The van der Waals surface area contributed by atoms with Crippen LogP contribution in [0.3, 0.4) is 0 Å². The minimum absolute atomic E-state index is 1.11. The standard InChI is InChI=1S/C56H36N4/c1-3-15-39(16-4-1)59-51-21-9-7-19-45(51)49-35-43(29-31-55(49)59)57-41-27-25-38-14-12-24-54(48(38)33-41)58(42-28-26-37-13-11-23-53(57)47(37)34-42)44-30-32-56-50(36-44)46-20-8-10-22-52(46)60(56)40-17-5-2-6-18-40/h1-36H. The molecule has 0 saturated carbocycles. The van der Waals surface area contributed by atoms with Crippen molar-refractivity contribution in [1.29, 1.82) is 0 Å². The number of benzene rings is 10. The van der Waals surface area contributed by atoms with Gasteiger partial charge in [0, 0.05) is 66.1 Å². The summed E-state index contributed by atoms with van der Waals surface area (Å²) in [5.41, 5.74) is 13.8. The lowest BCUT2D eigenvalue weighted by atomic mass is 10.0. The van der Waals surface area contributed by atoms with Crippen molar-refractivity contribution in [1.82, 2.24) is 18.3 Å². The van der Waals surface area contributed by atoms with Gasteiger partial charge in [0.2, 0.25) is 0 Å². The molecule has 3 heterocycles. The van der Waals surface area contributed by atoms with Crippen LogP contribution in [0.4, 0.5) is 0 Å². The Balaban J connectivity index is 1.12. The van der Waals surface area contributed by atoms with Crippen molar-refractivity contribution in [2.75, 3.05) is 0 Å². The van der Waals surface area contributed by atoms with E-state index in [0.29, 0.717) is 0 Å². The highest BCUT2D eigenvalue weighted by molar-refractivity contribution is 6.12. The molecule has 280 valence electrons. The lowest BCUT2D eigenvalue weighted by Gasteiger charge is -2.18. The van der Waals surface area contributed by atoms with Crippen LogP contribution in [0.2, 0.25) is 0 Å². The summed E-state index contributed by atoms with van der Waals surface area (Å²) >= 11 is 0. The van der Waals surface area contributed by atoms with Crippen LogP contribution in [0.25, 0.3) is 110 Å². The first kappa shape index (κ1) is 32.9. The van der Waals surface area contributed by atoms with Gasteiger partial charge in [-0.15, -0.1) is 0 Å². The van der Waals surface area contributed by atoms with Crippen molar-refractivity contribution in [3.63, 3.8) is 0 Å². The van der Waals surface area contributed by atoms with Gasteiger partial charge < -0.3 is 18.3 Å². The molecule has 0 saturated heterocycles. The Morgan fingerprint density at radius 3 is 1.05 bits per heavy atom. The zero-order chi connectivity index (χ0) is 39.3. The van der Waals surface area contributed by atoms with E-state index in [1.165, 1.54) is 65.2 Å². The van der Waals surface area contributed by atoms with Crippen molar-refractivity contribution in [3.8, 4) is 22.7 Å². The van der Waals surface area contributed by atoms with Crippen molar-refractivity contribution in [2.24, 2.45) is 0 Å². The Kier molecular flexibility index (Phi) is 6.98. The second-order valence-electron chi connectivity index (χ2n) is 15.8. The Labute approximate surface area is 345 Å². The number of para-hydroxylation sites is 4. The van der Waals surface area contributed by atoms with E-state index in [-0.39, 0.29) is 0 Å². The van der Waals surface area contributed by atoms with E-state index in [2.05, 4.69) is 237 Å². The summed E-state index contributed by atoms with van der Waals surface area (Å²) in [5.74, 6) is 0. The first-order valence-corrected chi connectivity index (χ1v) is 20.6. The van der Waals surface area contributed by atoms with E-state index >= 15 is 0 Å². The summed E-state index contributed by atoms with van der Waals surface area (Å²) in [6.45, 7) is 0. The molecule has 0 atom stereocenters. The second-order valence-corrected chi connectivity index (χ2v) is 15.8. The van der Waals surface area contributed by atoms with Crippen LogP contribution >= 0.6 is 0 Å². The van der Waals surface area contributed by atoms with Crippen LogP contribution in [-0.2, 0) is 0 Å². The summed E-state index contributed by atoms with van der Waals surface area (Å²) in [7, 11) is 0. The Morgan fingerprint density at radius 2 is 0.583 bits per heavy atom. The third-order valence-corrected chi connectivity index (χ3v) is 12.5. The van der Waals surface area contributed by atoms with Gasteiger partial charge in [-0.3, -0.25) is 0 Å². The number of nitrogens with zero attached hydrogens (tertiary/aromatic N) is 4. The van der Waals surface area contributed by atoms with Gasteiger partial charge in [0.05, 0.1) is 33.1 Å². The summed E-state index contributed by atoms with van der Waals surface area (Å²) in [6, 6.07) is 80.1. The second kappa shape index (κ2) is 12.7. The lowest BCUT2D eigenvalue weighted by molar-refractivity contribution is 1.15. The van der Waals surface area contributed by atoms with E-state index in [1.54, 1.807) is 0 Å². The van der Waals surface area contributed by atoms with Crippen molar-refractivity contribution in [2.45, 2.75) is 0 Å². The van der Waals surface area contributed by atoms with Gasteiger partial charge in [0.15, 0.2) is 0 Å². The van der Waals surface area contributed by atoms with Crippen LogP contribution in [-0.4, -0.2) is 18.3 Å². The molecular weight excluding hydrogens is 729 g/mol. The third-order valence-electron chi connectivity index (χ3n) is 12.5. The number of aromatic nitrogens is 4. The monoisotopic (exact) mass is 764 g/mol. The SMILES string of the molecule is c1ccc(-n2c3ccccc3c3cc(-n4c5ccc6cccc(c6c5)n(-c5ccc6c(c5)c5ccccc5n6-c5ccccc5)c5ccc6cccc4c6c5)ccc32)cc1. The van der Waals surface area contributed by atoms with E-state index in [4.69, 9.17) is 0 Å². The zero-order valence-electron chi connectivity index (χ0n) is 32.6. The number of hydrogen-bond acceptors (Lipinski definition) is 0. The molecule has 0 amide bonds. The highest BCUT2D eigenvalue weighted by Crippen LogP contribution is 2.38. The van der Waals surface area contributed by atoms with Gasteiger partial charge in [-0.2, -0.15) is 0 Å². The predicted octanol–water partition coefficient (Wildman–Crippen LogP) is 14.6. The van der Waals surface area contributed by atoms with Gasteiger partial charge in [-0.25, -0.2) is 0 Å². The number of hydrogen-bond donors (Lipinski definition) is 0. The molecule has 0 fully saturated rings. The Hall–Kier alpha value is -8.08. The van der Waals surface area contributed by atoms with Crippen LogP contribution in [0.1, 0.15) is 0 Å². The molecule has 4 nitrogen and oxygen atoms in total. The maximum atomic E-state index is 2.45. The fourth-order valence-electron chi connectivity index (χ4n) is 9.92. The predicted molar refractivity (Wildman–Crippen MR) is 253 cm³/mol. The number of rotatable bonds is 4. The van der Waals surface area contributed by atoms with Gasteiger partial charge in [-0.05, 0) is 120 Å². The highest BCUT2D eigenvalue weighted by atomic mass is 15.0. The molecule has 13 rings (SSSR count). The summed E-state index contributed by atoms with van der Waals surface area (Å²) < 4.78 is 9.68. The lowest BCUT2D eigenvalue weighted by Crippen LogP contribution is -2.02. The van der Waals surface area contributed by atoms with Crippen molar-refractivity contribution < 1.29 is 0 Å². The van der Waals surface area contributed by atoms with E-state index in [0.717, 1.165) is 44.8 Å². The molecule has 4 bridgehead atoms. The average molecular weight is 765 g/mol. The molecule has 0 aliphatic carbocycles. The van der Waals surface area contributed by atoms with Gasteiger partial charge >= 0.3 is 0 Å². The maximum Gasteiger partial charge on any atom is 0.0542 e. The first-order valence-electron chi connectivity index (χ1n) is 20.6. The van der Waals surface area contributed by atoms with Crippen LogP contribution in [0.15, 0.2) is 218 Å². The molecule has 0 N–H and O–H groups in total.